The van der Waals surface area contributed by atoms with Crippen LogP contribution in [0.5, 0.6) is 0 Å². The van der Waals surface area contributed by atoms with Crippen molar-refractivity contribution in [1.82, 2.24) is 19.8 Å². The number of hydrogen-bond acceptors (Lipinski definition) is 4. The third-order valence-electron chi connectivity index (χ3n) is 2.82. The molecule has 0 saturated carbocycles. The van der Waals surface area contributed by atoms with Crippen LogP contribution in [-0.2, 0) is 16.6 Å². The van der Waals surface area contributed by atoms with Crippen LogP contribution in [0.1, 0.15) is 32.8 Å². The zero-order chi connectivity index (χ0) is 15.2. The maximum Gasteiger partial charge on any atom is 0.260 e. The lowest BCUT2D eigenvalue weighted by Gasteiger charge is -2.20. The number of nitrogens with zero attached hydrogens (tertiary/aromatic N) is 2. The molecule has 0 fully saturated rings. The second-order valence-electron chi connectivity index (χ2n) is 4.79. The number of H-pyrrole nitrogens is 1. The molecule has 0 radical (unpaired) electrons. The molecule has 0 bridgehead atoms. The molecule has 20 heavy (non-hydrogen) atoms. The third kappa shape index (κ3) is 4.16. The molecular formula is C13H24N4O2S. The highest BCUT2D eigenvalue weighted by molar-refractivity contribution is 7.89. The van der Waals surface area contributed by atoms with Crippen LogP contribution in [-0.4, -0.2) is 42.6 Å². The molecule has 0 aliphatic rings. The van der Waals surface area contributed by atoms with Crippen molar-refractivity contribution in [2.45, 2.75) is 38.8 Å². The minimum Gasteiger partial charge on any atom is -0.313 e. The summed E-state index contributed by atoms with van der Waals surface area (Å²) in [5.74, 6) is 0. The zero-order valence-corrected chi connectivity index (χ0v) is 13.3. The summed E-state index contributed by atoms with van der Waals surface area (Å²) in [4.78, 5) is 0. The highest BCUT2D eigenvalue weighted by Gasteiger charge is 2.27. The summed E-state index contributed by atoms with van der Waals surface area (Å²) in [6, 6.07) is 0. The van der Waals surface area contributed by atoms with Crippen LogP contribution in [0.25, 0.3) is 0 Å². The Morgan fingerprint density at radius 1 is 1.50 bits per heavy atom. The highest BCUT2D eigenvalue weighted by Crippen LogP contribution is 2.18. The number of sulfonamides is 1. The quantitative estimate of drug-likeness (QED) is 0.535. The molecule has 0 atom stereocenters. The van der Waals surface area contributed by atoms with Crippen molar-refractivity contribution < 1.29 is 8.42 Å². The Bertz CT molecular complexity index is 536. The van der Waals surface area contributed by atoms with Gasteiger partial charge in [0.05, 0.1) is 6.20 Å². The van der Waals surface area contributed by atoms with Gasteiger partial charge in [0, 0.05) is 25.2 Å². The van der Waals surface area contributed by atoms with Crippen molar-refractivity contribution in [2.75, 3.05) is 19.6 Å². The predicted molar refractivity (Wildman–Crippen MR) is 79.8 cm³/mol. The minimum absolute atomic E-state index is 0.171. The summed E-state index contributed by atoms with van der Waals surface area (Å²) >= 11 is 0. The monoisotopic (exact) mass is 300 g/mol. The Kier molecular flexibility index (Phi) is 6.38. The Morgan fingerprint density at radius 3 is 2.75 bits per heavy atom. The van der Waals surface area contributed by atoms with E-state index in [2.05, 4.69) is 29.0 Å². The summed E-state index contributed by atoms with van der Waals surface area (Å²) in [6.07, 6.45) is 2.56. The lowest BCUT2D eigenvalue weighted by molar-refractivity contribution is 0.449. The summed E-state index contributed by atoms with van der Waals surface area (Å²) in [6.45, 7) is 11.5. The van der Waals surface area contributed by atoms with E-state index in [0.29, 0.717) is 25.2 Å². The van der Waals surface area contributed by atoms with E-state index >= 15 is 0 Å². The van der Waals surface area contributed by atoms with E-state index in [1.54, 1.807) is 6.20 Å². The molecule has 0 amide bonds. The highest BCUT2D eigenvalue weighted by atomic mass is 32.2. The van der Waals surface area contributed by atoms with E-state index in [1.165, 1.54) is 4.31 Å². The first-order chi connectivity index (χ1) is 9.43. The topological polar surface area (TPSA) is 78.1 Å². The van der Waals surface area contributed by atoms with Crippen molar-refractivity contribution in [2.24, 2.45) is 0 Å². The van der Waals surface area contributed by atoms with Gasteiger partial charge in [0.15, 0.2) is 5.03 Å². The fraction of sp³-hybridized carbons (Fsp3) is 0.615. The van der Waals surface area contributed by atoms with Crippen molar-refractivity contribution in [1.29, 1.82) is 0 Å². The van der Waals surface area contributed by atoms with Gasteiger partial charge < -0.3 is 5.32 Å². The SMILES string of the molecule is C=C(C)CN(CC)S(=O)(=O)c1[nH]ncc1CNCCC. The molecule has 0 aliphatic heterocycles. The summed E-state index contributed by atoms with van der Waals surface area (Å²) in [5, 5.41) is 9.84. The fourth-order valence-electron chi connectivity index (χ4n) is 1.85. The second-order valence-corrected chi connectivity index (χ2v) is 6.66. The standard InChI is InChI=1S/C13H24N4O2S/c1-5-7-14-8-12-9-15-16-13(12)20(18,19)17(6-2)10-11(3)4/h9,14H,3,5-8,10H2,1-2,4H3,(H,15,16). The first-order valence-corrected chi connectivity index (χ1v) is 8.25. The Balaban J connectivity index is 2.96. The van der Waals surface area contributed by atoms with E-state index in [0.717, 1.165) is 18.5 Å². The fourth-order valence-corrected chi connectivity index (χ4v) is 3.46. The number of nitrogens with one attached hydrogen (secondary N) is 2. The van der Waals surface area contributed by atoms with Gasteiger partial charge in [0.25, 0.3) is 10.0 Å². The maximum atomic E-state index is 12.6. The smallest absolute Gasteiger partial charge is 0.260 e. The molecule has 6 nitrogen and oxygen atoms in total. The van der Waals surface area contributed by atoms with Gasteiger partial charge in [0.2, 0.25) is 0 Å². The van der Waals surface area contributed by atoms with Crippen LogP contribution in [0.15, 0.2) is 23.4 Å². The van der Waals surface area contributed by atoms with Gasteiger partial charge in [-0.25, -0.2) is 8.42 Å². The summed E-state index contributed by atoms with van der Waals surface area (Å²) in [7, 11) is -3.56. The molecule has 1 aromatic heterocycles. The number of aromatic nitrogens is 2. The predicted octanol–water partition coefficient (Wildman–Crippen LogP) is 1.50. The van der Waals surface area contributed by atoms with E-state index in [9.17, 15) is 8.42 Å². The van der Waals surface area contributed by atoms with Gasteiger partial charge in [-0.2, -0.15) is 9.40 Å². The van der Waals surface area contributed by atoms with Crippen LogP contribution in [0.3, 0.4) is 0 Å². The Hall–Kier alpha value is -1.18. The van der Waals surface area contributed by atoms with Crippen LogP contribution in [0, 0.1) is 0 Å². The maximum absolute atomic E-state index is 12.6. The van der Waals surface area contributed by atoms with Crippen LogP contribution in [0.2, 0.25) is 0 Å². The Morgan fingerprint density at radius 2 is 2.20 bits per heavy atom. The number of rotatable bonds is 9. The van der Waals surface area contributed by atoms with Gasteiger partial charge in [-0.1, -0.05) is 26.0 Å². The summed E-state index contributed by atoms with van der Waals surface area (Å²) < 4.78 is 26.6. The van der Waals surface area contributed by atoms with Crippen LogP contribution >= 0.6 is 0 Å². The van der Waals surface area contributed by atoms with Crippen molar-refractivity contribution >= 4 is 10.0 Å². The molecule has 0 aromatic carbocycles. The molecule has 0 unspecified atom stereocenters. The van der Waals surface area contributed by atoms with Crippen molar-refractivity contribution in [3.63, 3.8) is 0 Å². The van der Waals surface area contributed by atoms with Crippen LogP contribution < -0.4 is 5.32 Å². The first kappa shape index (κ1) is 16.9. The van der Waals surface area contributed by atoms with Crippen LogP contribution in [0.4, 0.5) is 0 Å². The van der Waals surface area contributed by atoms with E-state index < -0.39 is 10.0 Å². The van der Waals surface area contributed by atoms with E-state index in [-0.39, 0.29) is 5.03 Å². The Labute approximate surface area is 121 Å². The van der Waals surface area contributed by atoms with Gasteiger partial charge in [-0.05, 0) is 19.9 Å². The lowest BCUT2D eigenvalue weighted by atomic mass is 10.3. The molecule has 0 saturated heterocycles. The van der Waals surface area contributed by atoms with Crippen molar-refractivity contribution in [3.8, 4) is 0 Å². The molecule has 1 aromatic rings. The lowest BCUT2D eigenvalue weighted by Crippen LogP contribution is -2.33. The second kappa shape index (κ2) is 7.56. The van der Waals surface area contributed by atoms with Gasteiger partial charge in [-0.3, -0.25) is 5.10 Å². The normalized spacial score (nSPS) is 12.0. The number of hydrogen-bond donors (Lipinski definition) is 2. The van der Waals surface area contributed by atoms with E-state index in [4.69, 9.17) is 0 Å². The minimum atomic E-state index is -3.56. The molecule has 1 rings (SSSR count). The third-order valence-corrected chi connectivity index (χ3v) is 4.75. The zero-order valence-electron chi connectivity index (χ0n) is 12.4. The molecule has 0 spiro atoms. The number of aromatic amines is 1. The van der Waals surface area contributed by atoms with E-state index in [1.807, 2.05) is 13.8 Å². The average Bonchev–Trinajstić information content (AvgIpc) is 2.85. The van der Waals surface area contributed by atoms with Crippen molar-refractivity contribution in [3.05, 3.63) is 23.9 Å². The van der Waals surface area contributed by atoms with Gasteiger partial charge in [-0.15, -0.1) is 0 Å². The molecular weight excluding hydrogens is 276 g/mol. The summed E-state index contributed by atoms with van der Waals surface area (Å²) in [5.41, 5.74) is 1.47. The van der Waals surface area contributed by atoms with Gasteiger partial charge in [0.1, 0.15) is 0 Å². The molecule has 114 valence electrons. The molecule has 2 N–H and O–H groups in total. The molecule has 1 heterocycles. The first-order valence-electron chi connectivity index (χ1n) is 6.80. The number of likely N-dealkylation sites (N-methyl/N-ethyl adjacent to an activating group) is 1. The average molecular weight is 300 g/mol. The largest absolute Gasteiger partial charge is 0.313 e. The molecule has 7 heteroatoms. The molecule has 0 aliphatic carbocycles. The van der Waals surface area contributed by atoms with Gasteiger partial charge >= 0.3 is 0 Å².